The van der Waals surface area contributed by atoms with Crippen molar-refractivity contribution in [2.45, 2.75) is 30.9 Å². The fourth-order valence-corrected chi connectivity index (χ4v) is 1.78. The normalized spacial score (nSPS) is 10.8. The summed E-state index contributed by atoms with van der Waals surface area (Å²) in [6.07, 6.45) is 0. The second kappa shape index (κ2) is 3.94. The second-order valence-electron chi connectivity index (χ2n) is 3.08. The Hall–Kier alpha value is -0.500. The summed E-state index contributed by atoms with van der Waals surface area (Å²) in [7, 11) is 0. The van der Waals surface area contributed by atoms with E-state index in [0.717, 1.165) is 4.90 Å². The van der Waals surface area contributed by atoms with Crippen LogP contribution in [0.2, 0.25) is 0 Å². The highest BCUT2D eigenvalue weighted by Crippen LogP contribution is 2.24. The highest BCUT2D eigenvalue weighted by molar-refractivity contribution is 7.99. The van der Waals surface area contributed by atoms with Crippen molar-refractivity contribution in [1.29, 1.82) is 0 Å². The summed E-state index contributed by atoms with van der Waals surface area (Å²) >= 11 is 1.68. The molecule has 0 radical (unpaired) electrons. The molecule has 0 amide bonds. The zero-order chi connectivity index (χ0) is 9.14. The number of rotatable bonds is 2. The number of hydrogen-bond acceptors (Lipinski definition) is 1. The molecule has 1 aromatic carbocycles. The fourth-order valence-electron chi connectivity index (χ4n) is 0.919. The van der Waals surface area contributed by atoms with Crippen LogP contribution in [-0.4, -0.2) is 5.25 Å². The molecule has 0 aliphatic carbocycles. The van der Waals surface area contributed by atoms with Crippen LogP contribution in [0.25, 0.3) is 0 Å². The number of halogens is 1. The Kier molecular flexibility index (Phi) is 3.15. The van der Waals surface area contributed by atoms with Crippen molar-refractivity contribution >= 4 is 11.8 Å². The van der Waals surface area contributed by atoms with Crippen LogP contribution < -0.4 is 0 Å². The minimum Gasteiger partial charge on any atom is -0.207 e. The van der Waals surface area contributed by atoms with E-state index in [9.17, 15) is 4.39 Å². The van der Waals surface area contributed by atoms with Gasteiger partial charge in [0.05, 0.1) is 0 Å². The molecule has 0 saturated heterocycles. The smallest absolute Gasteiger partial charge is 0.127 e. The topological polar surface area (TPSA) is 0 Å². The Bertz CT molecular complexity index is 269. The van der Waals surface area contributed by atoms with Crippen molar-refractivity contribution in [3.63, 3.8) is 0 Å². The van der Waals surface area contributed by atoms with Crippen LogP contribution in [0.15, 0.2) is 23.1 Å². The third-order valence-electron chi connectivity index (χ3n) is 1.52. The van der Waals surface area contributed by atoms with Crippen LogP contribution in [0.5, 0.6) is 0 Å². The van der Waals surface area contributed by atoms with Gasteiger partial charge >= 0.3 is 0 Å². The highest BCUT2D eigenvalue weighted by Gasteiger charge is 2.01. The van der Waals surface area contributed by atoms with Gasteiger partial charge in [-0.15, -0.1) is 11.8 Å². The van der Waals surface area contributed by atoms with Gasteiger partial charge in [0.25, 0.3) is 0 Å². The number of aryl methyl sites for hydroxylation is 1. The lowest BCUT2D eigenvalue weighted by molar-refractivity contribution is 0.615. The summed E-state index contributed by atoms with van der Waals surface area (Å²) in [5, 5.41) is 0.507. The molecule has 12 heavy (non-hydrogen) atoms. The lowest BCUT2D eigenvalue weighted by Crippen LogP contribution is -1.88. The summed E-state index contributed by atoms with van der Waals surface area (Å²) in [6, 6.07) is 5.38. The van der Waals surface area contributed by atoms with Gasteiger partial charge in [-0.05, 0) is 24.6 Å². The van der Waals surface area contributed by atoms with E-state index in [1.165, 1.54) is 0 Å². The molecule has 0 bridgehead atoms. The molecule has 0 N–H and O–H groups in total. The molecule has 0 aromatic heterocycles. The average Bonchev–Trinajstić information content (AvgIpc) is 1.96. The molecular formula is C10H13FS. The van der Waals surface area contributed by atoms with E-state index in [-0.39, 0.29) is 5.82 Å². The van der Waals surface area contributed by atoms with Crippen molar-refractivity contribution in [1.82, 2.24) is 0 Å². The molecule has 2 heteroatoms. The molecule has 0 saturated carbocycles. The lowest BCUT2D eigenvalue weighted by atomic mass is 10.2. The molecule has 1 rings (SSSR count). The van der Waals surface area contributed by atoms with Crippen molar-refractivity contribution in [2.75, 3.05) is 0 Å². The molecular weight excluding hydrogens is 171 g/mol. The van der Waals surface area contributed by atoms with Crippen LogP contribution in [0.3, 0.4) is 0 Å². The van der Waals surface area contributed by atoms with Crippen LogP contribution in [-0.2, 0) is 0 Å². The number of thioether (sulfide) groups is 1. The summed E-state index contributed by atoms with van der Waals surface area (Å²) in [6.45, 7) is 5.98. The first-order chi connectivity index (χ1) is 5.59. The van der Waals surface area contributed by atoms with Crippen LogP contribution in [0, 0.1) is 12.7 Å². The van der Waals surface area contributed by atoms with Gasteiger partial charge in [0.2, 0.25) is 0 Å². The summed E-state index contributed by atoms with van der Waals surface area (Å²) in [4.78, 5) is 1.01. The zero-order valence-corrected chi connectivity index (χ0v) is 8.41. The third-order valence-corrected chi connectivity index (χ3v) is 2.51. The molecule has 0 fully saturated rings. The minimum absolute atomic E-state index is 0.111. The van der Waals surface area contributed by atoms with Crippen LogP contribution in [0.1, 0.15) is 19.4 Å². The molecule has 0 aliphatic rings. The first-order valence-electron chi connectivity index (χ1n) is 4.02. The zero-order valence-electron chi connectivity index (χ0n) is 7.60. The van der Waals surface area contributed by atoms with Gasteiger partial charge < -0.3 is 0 Å². The largest absolute Gasteiger partial charge is 0.207 e. The van der Waals surface area contributed by atoms with Crippen LogP contribution in [0.4, 0.5) is 4.39 Å². The van der Waals surface area contributed by atoms with Gasteiger partial charge in [0.1, 0.15) is 5.82 Å². The number of benzene rings is 1. The monoisotopic (exact) mass is 184 g/mol. The predicted molar refractivity (Wildman–Crippen MR) is 52.1 cm³/mol. The van der Waals surface area contributed by atoms with E-state index in [1.807, 2.05) is 12.1 Å². The second-order valence-corrected chi connectivity index (χ2v) is 4.73. The van der Waals surface area contributed by atoms with Gasteiger partial charge in [-0.25, -0.2) is 4.39 Å². The molecule has 0 heterocycles. The van der Waals surface area contributed by atoms with Crippen molar-refractivity contribution in [2.24, 2.45) is 0 Å². The van der Waals surface area contributed by atoms with Crippen molar-refractivity contribution in [3.8, 4) is 0 Å². The van der Waals surface area contributed by atoms with Gasteiger partial charge in [-0.3, -0.25) is 0 Å². The quantitative estimate of drug-likeness (QED) is 0.632. The maximum atomic E-state index is 13.0. The SMILES string of the molecule is Cc1ccc(SC(C)C)cc1F. The van der Waals surface area contributed by atoms with Gasteiger partial charge in [0, 0.05) is 10.1 Å². The maximum Gasteiger partial charge on any atom is 0.127 e. The third kappa shape index (κ3) is 2.52. The van der Waals surface area contributed by atoms with Gasteiger partial charge in [-0.2, -0.15) is 0 Å². The first kappa shape index (κ1) is 9.59. The molecule has 0 unspecified atom stereocenters. The first-order valence-corrected chi connectivity index (χ1v) is 4.90. The molecule has 0 spiro atoms. The Balaban J connectivity index is 2.82. The Labute approximate surface area is 77.2 Å². The van der Waals surface area contributed by atoms with Crippen molar-refractivity contribution in [3.05, 3.63) is 29.6 Å². The molecule has 0 atom stereocenters. The predicted octanol–water partition coefficient (Wildman–Crippen LogP) is 3.63. The molecule has 0 aliphatic heterocycles. The Morgan fingerprint density at radius 3 is 2.50 bits per heavy atom. The van der Waals surface area contributed by atoms with E-state index in [4.69, 9.17) is 0 Å². The van der Waals surface area contributed by atoms with Crippen molar-refractivity contribution < 1.29 is 4.39 Å². The molecule has 66 valence electrons. The van der Waals surface area contributed by atoms with E-state index in [1.54, 1.807) is 24.8 Å². The highest BCUT2D eigenvalue weighted by atomic mass is 32.2. The maximum absolute atomic E-state index is 13.0. The molecule has 0 nitrogen and oxygen atoms in total. The van der Waals surface area contributed by atoms with E-state index in [2.05, 4.69) is 13.8 Å². The minimum atomic E-state index is -0.111. The molecule has 1 aromatic rings. The average molecular weight is 184 g/mol. The standard InChI is InChI=1S/C10H13FS/c1-7(2)12-9-5-4-8(3)10(11)6-9/h4-7H,1-3H3. The summed E-state index contributed by atoms with van der Waals surface area (Å²) < 4.78 is 13.0. The fraction of sp³-hybridized carbons (Fsp3) is 0.400. The summed E-state index contributed by atoms with van der Waals surface area (Å²) in [5.74, 6) is -0.111. The van der Waals surface area contributed by atoms with E-state index < -0.39 is 0 Å². The van der Waals surface area contributed by atoms with E-state index >= 15 is 0 Å². The number of hydrogen-bond donors (Lipinski definition) is 0. The van der Waals surface area contributed by atoms with E-state index in [0.29, 0.717) is 10.8 Å². The lowest BCUT2D eigenvalue weighted by Gasteiger charge is -2.05. The Morgan fingerprint density at radius 2 is 2.00 bits per heavy atom. The van der Waals surface area contributed by atoms with Gasteiger partial charge in [0.15, 0.2) is 0 Å². The van der Waals surface area contributed by atoms with Gasteiger partial charge in [-0.1, -0.05) is 19.9 Å². The van der Waals surface area contributed by atoms with Crippen LogP contribution >= 0.6 is 11.8 Å². The Morgan fingerprint density at radius 1 is 1.33 bits per heavy atom. The summed E-state index contributed by atoms with van der Waals surface area (Å²) in [5.41, 5.74) is 0.711.